The first-order valence-electron chi connectivity index (χ1n) is 7.50. The van der Waals surface area contributed by atoms with Crippen molar-refractivity contribution < 1.29 is 14.5 Å². The van der Waals surface area contributed by atoms with Crippen LogP contribution in [0.2, 0.25) is 5.02 Å². The number of H-pyrrole nitrogens is 1. The molecule has 3 aromatic rings. The Bertz CT molecular complexity index is 1080. The minimum Gasteiger partial charge on any atom is -0.451 e. The smallest absolute Gasteiger partial charge is 0.345 e. The minimum absolute atomic E-state index is 0.131. The van der Waals surface area contributed by atoms with Crippen LogP contribution in [0.1, 0.15) is 29.2 Å². The van der Waals surface area contributed by atoms with Gasteiger partial charge < -0.3 is 9.72 Å². The van der Waals surface area contributed by atoms with Gasteiger partial charge in [-0.15, -0.1) is 0 Å². The number of rotatable bonds is 4. The van der Waals surface area contributed by atoms with Crippen molar-refractivity contribution in [2.24, 2.45) is 0 Å². The molecule has 0 saturated heterocycles. The number of esters is 1. The molecule has 0 aliphatic carbocycles. The molecule has 8 nitrogen and oxygen atoms in total. The number of hydrogen-bond acceptors (Lipinski definition) is 6. The number of para-hydroxylation sites is 1. The van der Waals surface area contributed by atoms with E-state index < -0.39 is 22.7 Å². The van der Waals surface area contributed by atoms with Crippen molar-refractivity contribution in [2.75, 3.05) is 0 Å². The van der Waals surface area contributed by atoms with Gasteiger partial charge in [-0.05, 0) is 31.2 Å². The first kappa shape index (κ1) is 17.6. The summed E-state index contributed by atoms with van der Waals surface area (Å²) in [5.74, 6) is -0.811. The van der Waals surface area contributed by atoms with E-state index >= 15 is 0 Å². The van der Waals surface area contributed by atoms with E-state index in [-0.39, 0.29) is 22.0 Å². The van der Waals surface area contributed by atoms with Crippen molar-refractivity contribution in [3.05, 3.63) is 79.3 Å². The number of nitrogens with zero attached hydrogens (tertiary/aromatic N) is 2. The molecular formula is C17H12ClN3O5. The van der Waals surface area contributed by atoms with Crippen molar-refractivity contribution in [1.82, 2.24) is 9.97 Å². The van der Waals surface area contributed by atoms with Crippen molar-refractivity contribution in [1.29, 1.82) is 0 Å². The lowest BCUT2D eigenvalue weighted by Crippen LogP contribution is -2.18. The van der Waals surface area contributed by atoms with Crippen LogP contribution in [-0.4, -0.2) is 20.9 Å². The maximum atomic E-state index is 12.3. The van der Waals surface area contributed by atoms with Crippen molar-refractivity contribution in [3.63, 3.8) is 0 Å². The maximum Gasteiger partial charge on any atom is 0.345 e. The van der Waals surface area contributed by atoms with Crippen molar-refractivity contribution in [3.8, 4) is 0 Å². The first-order chi connectivity index (χ1) is 12.4. The van der Waals surface area contributed by atoms with Gasteiger partial charge in [0.05, 0.1) is 15.8 Å². The van der Waals surface area contributed by atoms with Crippen LogP contribution in [0.3, 0.4) is 0 Å². The van der Waals surface area contributed by atoms with E-state index in [4.69, 9.17) is 16.3 Å². The van der Waals surface area contributed by atoms with E-state index in [9.17, 15) is 19.7 Å². The number of nitro groups is 1. The summed E-state index contributed by atoms with van der Waals surface area (Å²) >= 11 is 5.82. The zero-order valence-electron chi connectivity index (χ0n) is 13.4. The van der Waals surface area contributed by atoms with Gasteiger partial charge in [-0.25, -0.2) is 9.78 Å². The number of benzene rings is 2. The number of nitro benzene ring substituents is 1. The lowest BCUT2D eigenvalue weighted by Gasteiger charge is -2.13. The Morgan fingerprint density at radius 1 is 1.31 bits per heavy atom. The molecule has 9 heteroatoms. The second kappa shape index (κ2) is 6.93. The molecule has 3 rings (SSSR count). The molecule has 2 aromatic carbocycles. The number of aromatic amines is 1. The van der Waals surface area contributed by atoms with Crippen LogP contribution in [0.5, 0.6) is 0 Å². The normalized spacial score (nSPS) is 11.9. The Hall–Kier alpha value is -3.26. The van der Waals surface area contributed by atoms with Crippen LogP contribution in [0.25, 0.3) is 10.9 Å². The summed E-state index contributed by atoms with van der Waals surface area (Å²) in [6.45, 7) is 1.50. The predicted octanol–water partition coefficient (Wildman–Crippen LogP) is 3.40. The molecule has 1 N–H and O–H groups in total. The van der Waals surface area contributed by atoms with Gasteiger partial charge in [0.1, 0.15) is 5.56 Å². The fraction of sp³-hybridized carbons (Fsp3) is 0.118. The Morgan fingerprint density at radius 3 is 2.77 bits per heavy atom. The predicted molar refractivity (Wildman–Crippen MR) is 94.3 cm³/mol. The molecule has 26 heavy (non-hydrogen) atoms. The highest BCUT2D eigenvalue weighted by Gasteiger charge is 2.24. The number of aromatic nitrogens is 2. The molecule has 0 saturated carbocycles. The van der Waals surface area contributed by atoms with E-state index in [0.29, 0.717) is 10.9 Å². The highest BCUT2D eigenvalue weighted by atomic mass is 35.5. The molecular weight excluding hydrogens is 362 g/mol. The number of ether oxygens (including phenoxy) is 1. The number of halogens is 1. The number of carbonyl (C=O) groups excluding carboxylic acids is 1. The number of nitrogens with one attached hydrogen (secondary N) is 1. The van der Waals surface area contributed by atoms with Crippen molar-refractivity contribution in [2.45, 2.75) is 13.0 Å². The highest BCUT2D eigenvalue weighted by molar-refractivity contribution is 6.31. The standard InChI is InChI=1S/C17H12ClN3O5/c1-9(15-19-13-5-3-2-4-11(13)16(22)20-15)26-17(23)12-8-10(18)6-7-14(12)21(24)25/h2-9H,1H3,(H,19,20,22)/t9-/m1/s1. The second-order valence-corrected chi connectivity index (χ2v) is 5.87. The third-order valence-corrected chi connectivity index (χ3v) is 3.91. The minimum atomic E-state index is -0.942. The topological polar surface area (TPSA) is 115 Å². The zero-order chi connectivity index (χ0) is 18.8. The van der Waals surface area contributed by atoms with Crippen LogP contribution in [0.15, 0.2) is 47.3 Å². The zero-order valence-corrected chi connectivity index (χ0v) is 14.2. The van der Waals surface area contributed by atoms with Crippen LogP contribution >= 0.6 is 11.6 Å². The largest absolute Gasteiger partial charge is 0.451 e. The Labute approximate surface area is 151 Å². The summed E-state index contributed by atoms with van der Waals surface area (Å²) < 4.78 is 5.24. The Balaban J connectivity index is 1.92. The summed E-state index contributed by atoms with van der Waals surface area (Å²) in [6.07, 6.45) is -0.932. The lowest BCUT2D eigenvalue weighted by atomic mass is 10.2. The average molecular weight is 374 g/mol. The molecule has 0 unspecified atom stereocenters. The molecule has 0 aliphatic rings. The summed E-state index contributed by atoms with van der Waals surface area (Å²) in [6, 6.07) is 10.3. The monoisotopic (exact) mass is 373 g/mol. The maximum absolute atomic E-state index is 12.3. The van der Waals surface area contributed by atoms with Gasteiger partial charge in [0.2, 0.25) is 0 Å². The van der Waals surface area contributed by atoms with E-state index in [1.807, 2.05) is 0 Å². The summed E-state index contributed by atoms with van der Waals surface area (Å²) in [5, 5.41) is 11.6. The van der Waals surface area contributed by atoms with Crippen LogP contribution in [0.4, 0.5) is 5.69 Å². The SMILES string of the molecule is C[C@@H](OC(=O)c1cc(Cl)ccc1[N+](=O)[O-])c1nc2ccccc2c(=O)[nH]1. The number of fused-ring (bicyclic) bond motifs is 1. The molecule has 0 bridgehead atoms. The highest BCUT2D eigenvalue weighted by Crippen LogP contribution is 2.25. The molecule has 0 spiro atoms. The summed E-state index contributed by atoms with van der Waals surface area (Å²) in [5.41, 5.74) is -0.630. The Morgan fingerprint density at radius 2 is 2.04 bits per heavy atom. The van der Waals surface area contributed by atoms with Gasteiger partial charge in [0.15, 0.2) is 11.9 Å². The van der Waals surface area contributed by atoms with Gasteiger partial charge in [0.25, 0.3) is 11.2 Å². The van der Waals surface area contributed by atoms with Crippen LogP contribution in [-0.2, 0) is 4.74 Å². The first-order valence-corrected chi connectivity index (χ1v) is 7.88. The average Bonchev–Trinajstić information content (AvgIpc) is 2.61. The molecule has 0 fully saturated rings. The fourth-order valence-corrected chi connectivity index (χ4v) is 2.58. The third-order valence-electron chi connectivity index (χ3n) is 3.68. The van der Waals surface area contributed by atoms with E-state index in [1.54, 1.807) is 24.3 Å². The summed E-state index contributed by atoms with van der Waals surface area (Å²) in [4.78, 5) is 41.6. The molecule has 0 amide bonds. The fourth-order valence-electron chi connectivity index (χ4n) is 2.41. The molecule has 1 aromatic heterocycles. The number of carbonyl (C=O) groups is 1. The van der Waals surface area contributed by atoms with Crippen LogP contribution < -0.4 is 5.56 Å². The van der Waals surface area contributed by atoms with Crippen LogP contribution in [0, 0.1) is 10.1 Å². The quantitative estimate of drug-likeness (QED) is 0.425. The molecule has 1 heterocycles. The molecule has 132 valence electrons. The van der Waals surface area contributed by atoms with Gasteiger partial charge >= 0.3 is 5.97 Å². The van der Waals surface area contributed by atoms with E-state index in [2.05, 4.69) is 9.97 Å². The van der Waals surface area contributed by atoms with Gasteiger partial charge in [-0.3, -0.25) is 14.9 Å². The summed E-state index contributed by atoms with van der Waals surface area (Å²) in [7, 11) is 0. The van der Waals surface area contributed by atoms with Gasteiger partial charge in [0, 0.05) is 11.1 Å². The van der Waals surface area contributed by atoms with Crippen molar-refractivity contribution >= 4 is 34.2 Å². The third kappa shape index (κ3) is 3.40. The molecule has 0 radical (unpaired) electrons. The lowest BCUT2D eigenvalue weighted by molar-refractivity contribution is -0.385. The molecule has 1 atom stereocenters. The Kier molecular flexibility index (Phi) is 4.68. The molecule has 0 aliphatic heterocycles. The van der Waals surface area contributed by atoms with Gasteiger partial charge in [-0.2, -0.15) is 0 Å². The van der Waals surface area contributed by atoms with Gasteiger partial charge in [-0.1, -0.05) is 23.7 Å². The van der Waals surface area contributed by atoms with E-state index in [1.165, 1.54) is 13.0 Å². The number of hydrogen-bond donors (Lipinski definition) is 1. The van der Waals surface area contributed by atoms with E-state index in [0.717, 1.165) is 12.1 Å². The second-order valence-electron chi connectivity index (χ2n) is 5.43.